The highest BCUT2D eigenvalue weighted by Crippen LogP contribution is 2.29. The van der Waals surface area contributed by atoms with Gasteiger partial charge in [0.2, 0.25) is 11.9 Å². The summed E-state index contributed by atoms with van der Waals surface area (Å²) in [4.78, 5) is 16.7. The number of thioether (sulfide) groups is 1. The van der Waals surface area contributed by atoms with Gasteiger partial charge in [-0.3, -0.25) is 9.36 Å². The molecule has 0 spiro atoms. The van der Waals surface area contributed by atoms with E-state index >= 15 is 0 Å². The van der Waals surface area contributed by atoms with Crippen LogP contribution in [0.2, 0.25) is 5.02 Å². The molecule has 4 rings (SSSR count). The fraction of sp³-hybridized carbons (Fsp3) is 0.348. The molecule has 2 heterocycles. The van der Waals surface area contributed by atoms with Crippen LogP contribution in [0.3, 0.4) is 0 Å². The number of amides is 1. The Labute approximate surface area is 192 Å². The maximum Gasteiger partial charge on any atom is 0.233 e. The fourth-order valence-corrected chi connectivity index (χ4v) is 4.73. The van der Waals surface area contributed by atoms with Crippen LogP contribution in [-0.4, -0.2) is 51.5 Å². The average Bonchev–Trinajstić information content (AvgIpc) is 3.42. The molecule has 31 heavy (non-hydrogen) atoms. The van der Waals surface area contributed by atoms with Gasteiger partial charge in [0.1, 0.15) is 0 Å². The van der Waals surface area contributed by atoms with Crippen LogP contribution in [0, 0.1) is 6.92 Å². The average molecular weight is 456 g/mol. The number of nitrogens with zero attached hydrogens (tertiary/aromatic N) is 5. The van der Waals surface area contributed by atoms with E-state index in [0.717, 1.165) is 48.3 Å². The minimum absolute atomic E-state index is 0.0335. The van der Waals surface area contributed by atoms with Crippen molar-refractivity contribution in [3.8, 4) is 5.69 Å². The third-order valence-corrected chi connectivity index (χ3v) is 6.51. The molecule has 0 radical (unpaired) electrons. The van der Waals surface area contributed by atoms with Crippen molar-refractivity contribution in [2.75, 3.05) is 30.8 Å². The molecule has 0 aliphatic carbocycles. The maximum atomic E-state index is 12.8. The molecule has 0 atom stereocenters. The van der Waals surface area contributed by atoms with Crippen molar-refractivity contribution >= 4 is 35.2 Å². The highest BCUT2D eigenvalue weighted by molar-refractivity contribution is 7.99. The SMILES string of the molecule is Cc1ccc(-n2c(SCC(=O)N(C)Cc3cccc(Cl)c3)nnc2N2CCCC2)cc1. The molecule has 1 amide bonds. The van der Waals surface area contributed by atoms with Crippen molar-refractivity contribution in [2.45, 2.75) is 31.5 Å². The lowest BCUT2D eigenvalue weighted by molar-refractivity contribution is -0.127. The normalized spacial score (nSPS) is 13.6. The molecule has 1 saturated heterocycles. The first-order valence-corrected chi connectivity index (χ1v) is 11.8. The van der Waals surface area contributed by atoms with Crippen molar-refractivity contribution in [1.29, 1.82) is 0 Å². The van der Waals surface area contributed by atoms with E-state index in [0.29, 0.717) is 17.3 Å². The first-order chi connectivity index (χ1) is 15.0. The van der Waals surface area contributed by atoms with Crippen LogP contribution in [0.25, 0.3) is 5.69 Å². The zero-order valence-electron chi connectivity index (χ0n) is 17.8. The maximum absolute atomic E-state index is 12.8. The van der Waals surface area contributed by atoms with Crippen LogP contribution in [0.5, 0.6) is 0 Å². The zero-order chi connectivity index (χ0) is 21.8. The number of benzene rings is 2. The second-order valence-corrected chi connectivity index (χ2v) is 9.20. The number of carbonyl (C=O) groups is 1. The van der Waals surface area contributed by atoms with Gasteiger partial charge >= 0.3 is 0 Å². The largest absolute Gasteiger partial charge is 0.341 e. The van der Waals surface area contributed by atoms with E-state index in [1.54, 1.807) is 4.90 Å². The number of aromatic nitrogens is 3. The lowest BCUT2D eigenvalue weighted by Crippen LogP contribution is -2.28. The first kappa shape index (κ1) is 21.7. The molecule has 162 valence electrons. The van der Waals surface area contributed by atoms with Gasteiger partial charge in [0, 0.05) is 31.7 Å². The van der Waals surface area contributed by atoms with Gasteiger partial charge in [-0.2, -0.15) is 0 Å². The number of aryl methyl sites for hydroxylation is 1. The topological polar surface area (TPSA) is 54.3 Å². The van der Waals surface area contributed by atoms with E-state index in [1.807, 2.05) is 31.3 Å². The molecule has 0 bridgehead atoms. The van der Waals surface area contributed by atoms with E-state index in [-0.39, 0.29) is 5.91 Å². The zero-order valence-corrected chi connectivity index (χ0v) is 19.4. The number of halogens is 1. The van der Waals surface area contributed by atoms with Crippen LogP contribution >= 0.6 is 23.4 Å². The van der Waals surface area contributed by atoms with Crippen molar-refractivity contribution in [3.63, 3.8) is 0 Å². The molecule has 1 fully saturated rings. The molecule has 1 aliphatic heterocycles. The van der Waals surface area contributed by atoms with Gasteiger partial charge in [0.05, 0.1) is 11.4 Å². The third kappa shape index (κ3) is 5.22. The standard InChI is InChI=1S/C23H26ClN5OS/c1-17-8-10-20(11-9-17)29-22(28-12-3-4-13-28)25-26-23(29)31-16-21(30)27(2)15-18-6-5-7-19(24)14-18/h5-11,14H,3-4,12-13,15-16H2,1-2H3. The monoisotopic (exact) mass is 455 g/mol. The quantitative estimate of drug-likeness (QED) is 0.488. The molecule has 6 nitrogen and oxygen atoms in total. The predicted molar refractivity (Wildman–Crippen MR) is 126 cm³/mol. The summed E-state index contributed by atoms with van der Waals surface area (Å²) < 4.78 is 2.07. The molecule has 0 N–H and O–H groups in total. The predicted octanol–water partition coefficient (Wildman–Crippen LogP) is 4.58. The molecule has 1 aromatic heterocycles. The number of rotatable bonds is 7. The van der Waals surface area contributed by atoms with Gasteiger partial charge in [-0.1, -0.05) is 53.2 Å². The number of hydrogen-bond acceptors (Lipinski definition) is 5. The third-order valence-electron chi connectivity index (χ3n) is 5.36. The molecule has 1 aliphatic rings. The number of carbonyl (C=O) groups excluding carboxylic acids is 1. The Balaban J connectivity index is 1.50. The molecule has 3 aromatic rings. The molecule has 0 saturated carbocycles. The Morgan fingerprint density at radius 3 is 2.58 bits per heavy atom. The Morgan fingerprint density at radius 1 is 1.13 bits per heavy atom. The molecule has 2 aromatic carbocycles. The van der Waals surface area contributed by atoms with Crippen molar-refractivity contribution in [2.24, 2.45) is 0 Å². The Bertz CT molecular complexity index is 1050. The van der Waals surface area contributed by atoms with E-state index < -0.39 is 0 Å². The van der Waals surface area contributed by atoms with E-state index in [1.165, 1.54) is 17.3 Å². The summed E-state index contributed by atoms with van der Waals surface area (Å²) in [7, 11) is 1.81. The number of hydrogen-bond donors (Lipinski definition) is 0. The molecular formula is C23H26ClN5OS. The van der Waals surface area contributed by atoms with Crippen LogP contribution in [0.4, 0.5) is 5.95 Å². The van der Waals surface area contributed by atoms with Gasteiger partial charge in [-0.25, -0.2) is 0 Å². The smallest absolute Gasteiger partial charge is 0.233 e. The van der Waals surface area contributed by atoms with Crippen molar-refractivity contribution in [3.05, 3.63) is 64.7 Å². The Hall–Kier alpha value is -2.51. The van der Waals surface area contributed by atoms with Gasteiger partial charge in [-0.05, 0) is 49.6 Å². The Morgan fingerprint density at radius 2 is 1.87 bits per heavy atom. The summed E-state index contributed by atoms with van der Waals surface area (Å²) in [6, 6.07) is 15.9. The van der Waals surface area contributed by atoms with Crippen molar-refractivity contribution in [1.82, 2.24) is 19.7 Å². The van der Waals surface area contributed by atoms with Gasteiger partial charge in [-0.15, -0.1) is 10.2 Å². The Kier molecular flexibility index (Phi) is 6.83. The molecular weight excluding hydrogens is 430 g/mol. The summed E-state index contributed by atoms with van der Waals surface area (Å²) in [6.45, 7) is 4.55. The highest BCUT2D eigenvalue weighted by atomic mass is 35.5. The second kappa shape index (κ2) is 9.75. The molecule has 8 heteroatoms. The lowest BCUT2D eigenvalue weighted by atomic mass is 10.2. The first-order valence-electron chi connectivity index (χ1n) is 10.4. The van der Waals surface area contributed by atoms with E-state index in [2.05, 4.69) is 50.9 Å². The minimum Gasteiger partial charge on any atom is -0.341 e. The second-order valence-electron chi connectivity index (χ2n) is 7.82. The van der Waals surface area contributed by atoms with Crippen LogP contribution in [0.1, 0.15) is 24.0 Å². The summed E-state index contributed by atoms with van der Waals surface area (Å²) >= 11 is 7.48. The minimum atomic E-state index is 0.0335. The summed E-state index contributed by atoms with van der Waals surface area (Å²) in [6.07, 6.45) is 2.33. The van der Waals surface area contributed by atoms with E-state index in [9.17, 15) is 4.79 Å². The van der Waals surface area contributed by atoms with Gasteiger partial charge in [0.15, 0.2) is 5.16 Å². The fourth-order valence-electron chi connectivity index (χ4n) is 3.63. The summed E-state index contributed by atoms with van der Waals surface area (Å²) in [5, 5.41) is 10.3. The van der Waals surface area contributed by atoms with Crippen molar-refractivity contribution < 1.29 is 4.79 Å². The van der Waals surface area contributed by atoms with Gasteiger partial charge < -0.3 is 9.80 Å². The van der Waals surface area contributed by atoms with Gasteiger partial charge in [0.25, 0.3) is 0 Å². The van der Waals surface area contributed by atoms with Crippen LogP contribution in [-0.2, 0) is 11.3 Å². The summed E-state index contributed by atoms with van der Waals surface area (Å²) in [5.41, 5.74) is 3.22. The number of anilines is 1. The summed E-state index contributed by atoms with van der Waals surface area (Å²) in [5.74, 6) is 1.18. The van der Waals surface area contributed by atoms with Crippen LogP contribution in [0.15, 0.2) is 53.7 Å². The lowest BCUT2D eigenvalue weighted by Gasteiger charge is -2.19. The van der Waals surface area contributed by atoms with E-state index in [4.69, 9.17) is 11.6 Å². The highest BCUT2D eigenvalue weighted by Gasteiger charge is 2.23. The molecule has 0 unspecified atom stereocenters. The van der Waals surface area contributed by atoms with Crippen LogP contribution < -0.4 is 4.90 Å².